The zero-order chi connectivity index (χ0) is 15.9. The molecule has 0 bridgehead atoms. The molecule has 1 rings (SSSR count). The Morgan fingerprint density at radius 2 is 1.76 bits per heavy atom. The van der Waals surface area contributed by atoms with Gasteiger partial charge in [0.05, 0.1) is 6.54 Å². The number of hydrogen-bond acceptors (Lipinski definition) is 3. The first-order valence-electron chi connectivity index (χ1n) is 7.71. The minimum absolute atomic E-state index is 0.00285. The van der Waals surface area contributed by atoms with Crippen LogP contribution in [0, 0.1) is 0 Å². The maximum Gasteiger partial charge on any atom is 0.238 e. The number of para-hydroxylation sites is 1. The molecule has 0 aliphatic rings. The lowest BCUT2D eigenvalue weighted by molar-refractivity contribution is -0.115. The van der Waals surface area contributed by atoms with Crippen molar-refractivity contribution >= 4 is 11.6 Å². The topological polar surface area (TPSA) is 44.4 Å². The van der Waals surface area contributed by atoms with Crippen LogP contribution in [0.3, 0.4) is 0 Å². The minimum Gasteiger partial charge on any atom is -0.325 e. The molecule has 1 aromatic carbocycles. The van der Waals surface area contributed by atoms with Gasteiger partial charge in [0.25, 0.3) is 0 Å². The van der Waals surface area contributed by atoms with Crippen LogP contribution in [0.4, 0.5) is 5.69 Å². The van der Waals surface area contributed by atoms with Gasteiger partial charge in [0.1, 0.15) is 0 Å². The number of rotatable bonds is 7. The van der Waals surface area contributed by atoms with Crippen molar-refractivity contribution in [2.75, 3.05) is 25.0 Å². The predicted octanol–water partition coefficient (Wildman–Crippen LogP) is 2.86. The third-order valence-corrected chi connectivity index (χ3v) is 3.36. The highest BCUT2D eigenvalue weighted by Gasteiger charge is 2.13. The van der Waals surface area contributed by atoms with Crippen LogP contribution in [0.2, 0.25) is 0 Å². The molecule has 4 nitrogen and oxygen atoms in total. The molecule has 4 heteroatoms. The molecule has 1 aromatic rings. The largest absolute Gasteiger partial charge is 0.325 e. The Kier molecular flexibility index (Phi) is 6.85. The Bertz CT molecular complexity index is 448. The molecule has 118 valence electrons. The Morgan fingerprint density at radius 1 is 1.14 bits per heavy atom. The Hall–Kier alpha value is -1.39. The second-order valence-corrected chi connectivity index (χ2v) is 6.27. The summed E-state index contributed by atoms with van der Waals surface area (Å²) in [7, 11) is 0. The van der Waals surface area contributed by atoms with E-state index in [0.29, 0.717) is 6.54 Å². The number of carbonyl (C=O) groups excluding carboxylic acids is 1. The van der Waals surface area contributed by atoms with Gasteiger partial charge in [-0.2, -0.15) is 0 Å². The molecule has 0 aliphatic carbocycles. The van der Waals surface area contributed by atoms with Gasteiger partial charge in [-0.15, -0.1) is 0 Å². The van der Waals surface area contributed by atoms with Gasteiger partial charge in [-0.05, 0) is 45.5 Å². The lowest BCUT2D eigenvalue weighted by atomic mass is 10.1. The molecular weight excluding hydrogens is 262 g/mol. The third kappa shape index (κ3) is 6.74. The van der Waals surface area contributed by atoms with E-state index in [1.54, 1.807) is 0 Å². The van der Waals surface area contributed by atoms with Crippen molar-refractivity contribution < 1.29 is 4.79 Å². The minimum atomic E-state index is -0.0575. The fraction of sp³-hybridized carbons (Fsp3) is 0.588. The fourth-order valence-corrected chi connectivity index (χ4v) is 2.01. The highest BCUT2D eigenvalue weighted by atomic mass is 16.1. The van der Waals surface area contributed by atoms with Crippen molar-refractivity contribution in [1.29, 1.82) is 0 Å². The molecule has 0 aliphatic heterocycles. The Labute approximate surface area is 128 Å². The summed E-state index contributed by atoms with van der Waals surface area (Å²) in [5, 5.41) is 6.21. The Balaban J connectivity index is 2.68. The summed E-state index contributed by atoms with van der Waals surface area (Å²) in [6.07, 6.45) is 0. The second kappa shape index (κ2) is 8.15. The van der Waals surface area contributed by atoms with Crippen LogP contribution in [0.15, 0.2) is 24.3 Å². The first-order valence-corrected chi connectivity index (χ1v) is 7.71. The third-order valence-electron chi connectivity index (χ3n) is 3.36. The zero-order valence-corrected chi connectivity index (χ0v) is 14.0. The molecule has 0 spiro atoms. The summed E-state index contributed by atoms with van der Waals surface area (Å²) in [4.78, 5) is 14.4. The molecule has 1 amide bonds. The standard InChI is InChI=1S/C17H29N3O/c1-6-20(7-2)13-14-10-8-9-11-15(14)19-16(21)12-18-17(3,4)5/h8-11,18H,6-7,12-13H2,1-5H3,(H,19,21). The van der Waals surface area contributed by atoms with Crippen LogP contribution in [0.5, 0.6) is 0 Å². The van der Waals surface area contributed by atoms with Crippen molar-refractivity contribution in [2.45, 2.75) is 46.7 Å². The SMILES string of the molecule is CCN(CC)Cc1ccccc1NC(=O)CNC(C)(C)C. The van der Waals surface area contributed by atoms with Crippen LogP contribution in [0.25, 0.3) is 0 Å². The lowest BCUT2D eigenvalue weighted by Crippen LogP contribution is -2.41. The van der Waals surface area contributed by atoms with Gasteiger partial charge in [-0.3, -0.25) is 9.69 Å². The number of nitrogens with one attached hydrogen (secondary N) is 2. The molecule has 0 heterocycles. The van der Waals surface area contributed by atoms with Crippen LogP contribution < -0.4 is 10.6 Å². The summed E-state index contributed by atoms with van der Waals surface area (Å²) in [5.74, 6) is -0.00285. The maximum atomic E-state index is 12.0. The van der Waals surface area contributed by atoms with Crippen LogP contribution >= 0.6 is 0 Å². The number of nitrogens with zero attached hydrogens (tertiary/aromatic N) is 1. The fourth-order valence-electron chi connectivity index (χ4n) is 2.01. The van der Waals surface area contributed by atoms with Crippen molar-refractivity contribution in [3.63, 3.8) is 0 Å². The first-order chi connectivity index (χ1) is 9.85. The van der Waals surface area contributed by atoms with Crippen molar-refractivity contribution in [2.24, 2.45) is 0 Å². The summed E-state index contributed by atoms with van der Waals surface area (Å²) in [6, 6.07) is 8.01. The smallest absolute Gasteiger partial charge is 0.238 e. The Morgan fingerprint density at radius 3 is 2.33 bits per heavy atom. The van der Waals surface area contributed by atoms with Gasteiger partial charge in [-0.25, -0.2) is 0 Å². The van der Waals surface area contributed by atoms with Gasteiger partial charge in [-0.1, -0.05) is 32.0 Å². The predicted molar refractivity (Wildman–Crippen MR) is 89.5 cm³/mol. The van der Waals surface area contributed by atoms with E-state index in [-0.39, 0.29) is 11.4 Å². The van der Waals surface area contributed by atoms with Crippen molar-refractivity contribution in [3.8, 4) is 0 Å². The van der Waals surface area contributed by atoms with E-state index in [0.717, 1.165) is 30.9 Å². The molecule has 2 N–H and O–H groups in total. The molecular formula is C17H29N3O. The molecule has 0 saturated heterocycles. The van der Waals surface area contributed by atoms with Gasteiger partial charge < -0.3 is 10.6 Å². The summed E-state index contributed by atoms with van der Waals surface area (Å²) >= 11 is 0. The average molecular weight is 291 g/mol. The van der Waals surface area contributed by atoms with Gasteiger partial charge in [0.15, 0.2) is 0 Å². The summed E-state index contributed by atoms with van der Waals surface area (Å²) < 4.78 is 0. The normalized spacial score (nSPS) is 11.7. The van der Waals surface area contributed by atoms with Gasteiger partial charge in [0.2, 0.25) is 5.91 Å². The van der Waals surface area contributed by atoms with E-state index in [1.807, 2.05) is 18.2 Å². The van der Waals surface area contributed by atoms with Crippen molar-refractivity contribution in [3.05, 3.63) is 29.8 Å². The second-order valence-electron chi connectivity index (χ2n) is 6.27. The number of benzene rings is 1. The van der Waals surface area contributed by atoms with Crippen LogP contribution in [-0.4, -0.2) is 36.0 Å². The molecule has 0 radical (unpaired) electrons. The number of anilines is 1. The molecule has 0 unspecified atom stereocenters. The van der Waals surface area contributed by atoms with E-state index in [9.17, 15) is 4.79 Å². The highest BCUT2D eigenvalue weighted by molar-refractivity contribution is 5.93. The molecule has 0 aromatic heterocycles. The zero-order valence-electron chi connectivity index (χ0n) is 14.0. The summed E-state index contributed by atoms with van der Waals surface area (Å²) in [5.41, 5.74) is 2.01. The van der Waals surface area contributed by atoms with Gasteiger partial charge in [0, 0.05) is 17.8 Å². The van der Waals surface area contributed by atoms with Crippen molar-refractivity contribution in [1.82, 2.24) is 10.2 Å². The molecule has 0 fully saturated rings. The number of amides is 1. The monoisotopic (exact) mass is 291 g/mol. The number of hydrogen-bond donors (Lipinski definition) is 2. The molecule has 0 saturated carbocycles. The first kappa shape index (κ1) is 17.7. The maximum absolute atomic E-state index is 12.0. The van der Waals surface area contributed by atoms with Crippen LogP contribution in [-0.2, 0) is 11.3 Å². The highest BCUT2D eigenvalue weighted by Crippen LogP contribution is 2.17. The van der Waals surface area contributed by atoms with Gasteiger partial charge >= 0.3 is 0 Å². The molecule has 0 atom stereocenters. The van der Waals surface area contributed by atoms with E-state index in [2.05, 4.69) is 56.2 Å². The number of carbonyl (C=O) groups is 1. The quantitative estimate of drug-likeness (QED) is 0.812. The molecule has 21 heavy (non-hydrogen) atoms. The van der Waals surface area contributed by atoms with Crippen LogP contribution in [0.1, 0.15) is 40.2 Å². The van der Waals surface area contributed by atoms with E-state index < -0.39 is 0 Å². The summed E-state index contributed by atoms with van der Waals surface area (Å²) in [6.45, 7) is 13.6. The lowest BCUT2D eigenvalue weighted by Gasteiger charge is -2.22. The average Bonchev–Trinajstić information content (AvgIpc) is 2.43. The van der Waals surface area contributed by atoms with E-state index in [1.165, 1.54) is 0 Å². The van der Waals surface area contributed by atoms with E-state index in [4.69, 9.17) is 0 Å². The van der Waals surface area contributed by atoms with E-state index >= 15 is 0 Å².